The van der Waals surface area contributed by atoms with Crippen molar-refractivity contribution in [3.05, 3.63) is 32.9 Å². The molecular weight excluding hydrogens is 363 g/mol. The molecule has 0 aromatic heterocycles. The molecule has 3 nitrogen and oxygen atoms in total. The Labute approximate surface area is 128 Å². The largest absolute Gasteiger partial charge is 0.338 e. The highest BCUT2D eigenvalue weighted by Gasteiger charge is 2.27. The van der Waals surface area contributed by atoms with Crippen LogP contribution in [-0.4, -0.2) is 30.4 Å². The van der Waals surface area contributed by atoms with Crippen LogP contribution in [0.3, 0.4) is 0 Å². The molecule has 1 aliphatic rings. The maximum absolute atomic E-state index is 12.4. The van der Waals surface area contributed by atoms with Gasteiger partial charge < -0.3 is 10.6 Å². The van der Waals surface area contributed by atoms with E-state index in [4.69, 9.17) is 5.73 Å². The molecule has 0 radical (unpaired) electrons. The Bertz CT molecular complexity index is 439. The van der Waals surface area contributed by atoms with Crippen LogP contribution in [0.1, 0.15) is 22.3 Å². The Balaban J connectivity index is 0.00000162. The van der Waals surface area contributed by atoms with Crippen LogP contribution >= 0.6 is 35.0 Å². The van der Waals surface area contributed by atoms with E-state index in [1.807, 2.05) is 30.0 Å². The molecule has 2 rings (SSSR count). The molecule has 18 heavy (non-hydrogen) atoms. The van der Waals surface area contributed by atoms with Crippen molar-refractivity contribution >= 4 is 40.9 Å². The van der Waals surface area contributed by atoms with Crippen LogP contribution in [0.15, 0.2) is 18.2 Å². The number of benzene rings is 1. The maximum Gasteiger partial charge on any atom is 0.254 e. The summed E-state index contributed by atoms with van der Waals surface area (Å²) >= 11 is 2.25. The Morgan fingerprint density at radius 2 is 2.28 bits per heavy atom. The topological polar surface area (TPSA) is 46.3 Å². The first-order chi connectivity index (χ1) is 8.13. The summed E-state index contributed by atoms with van der Waals surface area (Å²) < 4.78 is 1.06. The van der Waals surface area contributed by atoms with Crippen molar-refractivity contribution in [2.45, 2.75) is 13.3 Å². The Morgan fingerprint density at radius 1 is 1.56 bits per heavy atom. The third-order valence-electron chi connectivity index (χ3n) is 3.33. The van der Waals surface area contributed by atoms with Crippen LogP contribution < -0.4 is 5.73 Å². The molecular formula is C13H18ClIN2O. The second-order valence-corrected chi connectivity index (χ2v) is 5.66. The highest BCUT2D eigenvalue weighted by molar-refractivity contribution is 14.1. The van der Waals surface area contributed by atoms with Gasteiger partial charge in [0.05, 0.1) is 5.56 Å². The summed E-state index contributed by atoms with van der Waals surface area (Å²) in [6, 6.07) is 5.89. The highest BCUT2D eigenvalue weighted by atomic mass is 127. The number of carbonyl (C=O) groups is 1. The molecule has 1 fully saturated rings. The molecule has 0 aliphatic carbocycles. The van der Waals surface area contributed by atoms with Crippen LogP contribution in [0, 0.1) is 16.4 Å². The number of nitrogens with zero attached hydrogens (tertiary/aromatic N) is 1. The second-order valence-electron chi connectivity index (χ2n) is 4.58. The number of likely N-dealkylation sites (tertiary alicyclic amines) is 1. The zero-order chi connectivity index (χ0) is 12.4. The van der Waals surface area contributed by atoms with E-state index in [-0.39, 0.29) is 18.3 Å². The predicted molar refractivity (Wildman–Crippen MR) is 84.2 cm³/mol. The molecule has 1 aromatic carbocycles. The quantitative estimate of drug-likeness (QED) is 0.801. The Morgan fingerprint density at radius 3 is 2.89 bits per heavy atom. The summed E-state index contributed by atoms with van der Waals surface area (Å²) in [6.07, 6.45) is 1.03. The van der Waals surface area contributed by atoms with E-state index in [0.717, 1.165) is 34.2 Å². The van der Waals surface area contributed by atoms with Gasteiger partial charge in [0.1, 0.15) is 0 Å². The summed E-state index contributed by atoms with van der Waals surface area (Å²) in [7, 11) is 0. The van der Waals surface area contributed by atoms with Gasteiger partial charge in [0.2, 0.25) is 0 Å². The fourth-order valence-electron chi connectivity index (χ4n) is 2.19. The molecule has 1 aromatic rings. The lowest BCUT2D eigenvalue weighted by Gasteiger charge is -2.17. The molecule has 0 bridgehead atoms. The number of carbonyl (C=O) groups excluding carboxylic acids is 1. The van der Waals surface area contributed by atoms with Crippen LogP contribution in [-0.2, 0) is 0 Å². The molecule has 2 N–H and O–H groups in total. The fourth-order valence-corrected chi connectivity index (χ4v) is 2.78. The van der Waals surface area contributed by atoms with Gasteiger partial charge in [-0.15, -0.1) is 12.4 Å². The van der Waals surface area contributed by atoms with Crippen molar-refractivity contribution in [3.8, 4) is 0 Å². The molecule has 5 heteroatoms. The van der Waals surface area contributed by atoms with Crippen LogP contribution in [0.5, 0.6) is 0 Å². The molecule has 1 atom stereocenters. The van der Waals surface area contributed by atoms with Crippen molar-refractivity contribution in [3.63, 3.8) is 0 Å². The monoisotopic (exact) mass is 380 g/mol. The SMILES string of the molecule is Cc1cccc(C(=O)N2CCC(CN)C2)c1I.Cl. The second kappa shape index (κ2) is 6.73. The zero-order valence-corrected chi connectivity index (χ0v) is 13.3. The molecule has 1 aliphatic heterocycles. The minimum absolute atomic E-state index is 0. The molecule has 1 unspecified atom stereocenters. The average molecular weight is 381 g/mol. The summed E-state index contributed by atoms with van der Waals surface area (Å²) in [4.78, 5) is 14.3. The fraction of sp³-hybridized carbons (Fsp3) is 0.462. The number of hydrogen-bond donors (Lipinski definition) is 1. The van der Waals surface area contributed by atoms with E-state index >= 15 is 0 Å². The smallest absolute Gasteiger partial charge is 0.254 e. The number of aryl methyl sites for hydroxylation is 1. The van der Waals surface area contributed by atoms with Gasteiger partial charge in [-0.2, -0.15) is 0 Å². The van der Waals surface area contributed by atoms with Crippen molar-refractivity contribution < 1.29 is 4.79 Å². The van der Waals surface area contributed by atoms with Gasteiger partial charge in [0.25, 0.3) is 5.91 Å². The first-order valence-electron chi connectivity index (χ1n) is 5.88. The standard InChI is InChI=1S/C13H17IN2O.ClH/c1-9-3-2-4-11(12(9)14)13(17)16-6-5-10(7-15)8-16;/h2-4,10H,5-8,15H2,1H3;1H. The lowest BCUT2D eigenvalue weighted by molar-refractivity contribution is 0.0786. The third kappa shape index (κ3) is 3.16. The lowest BCUT2D eigenvalue weighted by atomic mass is 10.1. The van der Waals surface area contributed by atoms with E-state index < -0.39 is 0 Å². The third-order valence-corrected chi connectivity index (χ3v) is 4.76. The molecule has 1 heterocycles. The highest BCUT2D eigenvalue weighted by Crippen LogP contribution is 2.22. The number of nitrogens with two attached hydrogens (primary N) is 1. The van der Waals surface area contributed by atoms with Crippen LogP contribution in [0.4, 0.5) is 0 Å². The normalized spacial score (nSPS) is 18.6. The average Bonchev–Trinajstić information content (AvgIpc) is 2.80. The van der Waals surface area contributed by atoms with Gasteiger partial charge in [0.15, 0.2) is 0 Å². The van der Waals surface area contributed by atoms with Crippen molar-refractivity contribution in [2.75, 3.05) is 19.6 Å². The van der Waals surface area contributed by atoms with E-state index in [1.165, 1.54) is 0 Å². The lowest BCUT2D eigenvalue weighted by Crippen LogP contribution is -2.30. The van der Waals surface area contributed by atoms with Gasteiger partial charge >= 0.3 is 0 Å². The first kappa shape index (κ1) is 15.7. The number of halogens is 2. The zero-order valence-electron chi connectivity index (χ0n) is 10.4. The minimum Gasteiger partial charge on any atom is -0.338 e. The van der Waals surface area contributed by atoms with Crippen molar-refractivity contribution in [1.82, 2.24) is 4.90 Å². The maximum atomic E-state index is 12.4. The van der Waals surface area contributed by atoms with Crippen molar-refractivity contribution in [2.24, 2.45) is 11.7 Å². The molecule has 100 valence electrons. The van der Waals surface area contributed by atoms with E-state index in [1.54, 1.807) is 0 Å². The van der Waals surface area contributed by atoms with Crippen molar-refractivity contribution in [1.29, 1.82) is 0 Å². The number of hydrogen-bond acceptors (Lipinski definition) is 2. The molecule has 0 spiro atoms. The van der Waals surface area contributed by atoms with E-state index in [2.05, 4.69) is 22.6 Å². The van der Waals surface area contributed by atoms with E-state index in [9.17, 15) is 4.79 Å². The van der Waals surface area contributed by atoms with Gasteiger partial charge in [-0.05, 0) is 60.0 Å². The summed E-state index contributed by atoms with van der Waals surface area (Å²) in [5.74, 6) is 0.621. The van der Waals surface area contributed by atoms with Crippen LogP contribution in [0.2, 0.25) is 0 Å². The molecule has 1 amide bonds. The Hall–Kier alpha value is -0.330. The molecule has 0 saturated carbocycles. The van der Waals surface area contributed by atoms with Gasteiger partial charge in [0, 0.05) is 16.7 Å². The van der Waals surface area contributed by atoms with Gasteiger partial charge in [-0.25, -0.2) is 0 Å². The Kier molecular flexibility index (Phi) is 5.88. The predicted octanol–water partition coefficient (Wildman–Crippen LogP) is 2.44. The first-order valence-corrected chi connectivity index (χ1v) is 6.95. The summed E-state index contributed by atoms with van der Waals surface area (Å²) in [6.45, 7) is 4.35. The van der Waals surface area contributed by atoms with E-state index in [0.29, 0.717) is 12.5 Å². The summed E-state index contributed by atoms with van der Waals surface area (Å²) in [5.41, 5.74) is 7.63. The number of amides is 1. The van der Waals surface area contributed by atoms with Gasteiger partial charge in [-0.1, -0.05) is 12.1 Å². The van der Waals surface area contributed by atoms with Gasteiger partial charge in [-0.3, -0.25) is 4.79 Å². The number of rotatable bonds is 2. The molecule has 1 saturated heterocycles. The van der Waals surface area contributed by atoms with Crippen LogP contribution in [0.25, 0.3) is 0 Å². The summed E-state index contributed by atoms with van der Waals surface area (Å²) in [5, 5.41) is 0. The minimum atomic E-state index is 0.